The maximum atomic E-state index is 12.5. The molecule has 0 amide bonds. The third-order valence-corrected chi connectivity index (χ3v) is 2.87. The first-order valence-electron chi connectivity index (χ1n) is 3.89. The molecule has 0 bridgehead atoms. The van der Waals surface area contributed by atoms with E-state index >= 15 is 0 Å². The molecule has 0 saturated heterocycles. The van der Waals surface area contributed by atoms with Crippen LogP contribution in [0, 0.1) is 5.82 Å². The first-order valence-corrected chi connectivity index (χ1v) is 5.20. The van der Waals surface area contributed by atoms with Crippen molar-refractivity contribution in [1.29, 1.82) is 0 Å². The Hall–Kier alpha value is -1.39. The summed E-state index contributed by atoms with van der Waals surface area (Å²) in [5, 5.41) is 3.27. The highest BCUT2D eigenvalue weighted by Crippen LogP contribution is 2.07. The molecule has 0 N–H and O–H groups in total. The van der Waals surface area contributed by atoms with Crippen molar-refractivity contribution in [2.75, 3.05) is 12.3 Å². The van der Waals surface area contributed by atoms with Crippen molar-refractivity contribution in [1.82, 2.24) is 0 Å². The molecule has 0 radical (unpaired) electrons. The van der Waals surface area contributed by atoms with Crippen molar-refractivity contribution in [3.05, 3.63) is 40.5 Å². The number of nitrogens with zero attached hydrogens (tertiary/aromatic N) is 3. The van der Waals surface area contributed by atoms with Gasteiger partial charge in [0.05, 0.1) is 10.8 Å². The molecule has 1 aromatic rings. The smallest absolute Gasteiger partial charge is 0.123 e. The molecule has 0 fully saturated rings. The summed E-state index contributed by atoms with van der Waals surface area (Å²) in [7, 11) is -1.22. The van der Waals surface area contributed by atoms with Gasteiger partial charge in [0.1, 0.15) is 5.82 Å². The predicted molar refractivity (Wildman–Crippen MR) is 51.7 cm³/mol. The lowest BCUT2D eigenvalue weighted by molar-refractivity contribution is 0.626. The van der Waals surface area contributed by atoms with Crippen molar-refractivity contribution in [2.24, 2.45) is 5.11 Å². The molecule has 4 nitrogen and oxygen atoms in total. The highest BCUT2D eigenvalue weighted by Gasteiger charge is 2.02. The van der Waals surface area contributed by atoms with E-state index in [-0.39, 0.29) is 18.1 Å². The SMILES string of the molecule is [N-]=[N+]=NCCS(=O)c1ccc(F)cc1. The molecule has 0 aliphatic heterocycles. The minimum atomic E-state index is -1.22. The lowest BCUT2D eigenvalue weighted by Crippen LogP contribution is -2.00. The zero-order valence-electron chi connectivity index (χ0n) is 7.26. The summed E-state index contributed by atoms with van der Waals surface area (Å²) < 4.78 is 23.9. The molecular formula is C8H8FN3OS. The van der Waals surface area contributed by atoms with Crippen LogP contribution in [0.5, 0.6) is 0 Å². The Morgan fingerprint density at radius 3 is 2.64 bits per heavy atom. The Balaban J connectivity index is 2.60. The van der Waals surface area contributed by atoms with Crippen LogP contribution in [0.4, 0.5) is 4.39 Å². The standard InChI is InChI=1S/C8H8FN3OS/c9-7-1-3-8(4-2-7)14(13)6-5-11-12-10/h1-4H,5-6H2. The normalized spacial score (nSPS) is 11.8. The molecule has 6 heteroatoms. The van der Waals surface area contributed by atoms with E-state index in [0.29, 0.717) is 4.90 Å². The van der Waals surface area contributed by atoms with Gasteiger partial charge in [-0.1, -0.05) is 5.11 Å². The van der Waals surface area contributed by atoms with E-state index < -0.39 is 10.8 Å². The number of benzene rings is 1. The van der Waals surface area contributed by atoms with E-state index in [0.717, 1.165) is 0 Å². The molecule has 0 heterocycles. The van der Waals surface area contributed by atoms with Crippen molar-refractivity contribution in [3.8, 4) is 0 Å². The van der Waals surface area contributed by atoms with Crippen LogP contribution >= 0.6 is 0 Å². The predicted octanol–water partition coefficient (Wildman–Crippen LogP) is 2.24. The molecule has 1 aromatic carbocycles. The van der Waals surface area contributed by atoms with Gasteiger partial charge in [-0.3, -0.25) is 4.21 Å². The van der Waals surface area contributed by atoms with Gasteiger partial charge in [-0.15, -0.1) is 0 Å². The van der Waals surface area contributed by atoms with Crippen LogP contribution in [0.3, 0.4) is 0 Å². The van der Waals surface area contributed by atoms with Gasteiger partial charge < -0.3 is 0 Å². The average Bonchev–Trinajstić information content (AvgIpc) is 2.19. The van der Waals surface area contributed by atoms with Gasteiger partial charge in [0, 0.05) is 22.1 Å². The molecule has 1 unspecified atom stereocenters. The van der Waals surface area contributed by atoms with E-state index in [1.165, 1.54) is 24.3 Å². The van der Waals surface area contributed by atoms with Crippen molar-refractivity contribution >= 4 is 10.8 Å². The fraction of sp³-hybridized carbons (Fsp3) is 0.250. The van der Waals surface area contributed by atoms with Gasteiger partial charge in [0.25, 0.3) is 0 Å². The van der Waals surface area contributed by atoms with Crippen molar-refractivity contribution in [2.45, 2.75) is 4.90 Å². The number of hydrogen-bond donors (Lipinski definition) is 0. The molecule has 0 spiro atoms. The minimum Gasteiger partial charge on any atom is -0.254 e. The van der Waals surface area contributed by atoms with E-state index in [9.17, 15) is 8.60 Å². The topological polar surface area (TPSA) is 65.8 Å². The number of hydrogen-bond acceptors (Lipinski definition) is 2. The summed E-state index contributed by atoms with van der Waals surface area (Å²) in [5.74, 6) is -0.101. The Kier molecular flexibility index (Phi) is 4.10. The van der Waals surface area contributed by atoms with Gasteiger partial charge in [0.15, 0.2) is 0 Å². The van der Waals surface area contributed by atoms with Crippen LogP contribution in [0.1, 0.15) is 0 Å². The van der Waals surface area contributed by atoms with Gasteiger partial charge in [-0.2, -0.15) is 0 Å². The molecule has 1 rings (SSSR count). The second-order valence-corrected chi connectivity index (χ2v) is 4.03. The fourth-order valence-corrected chi connectivity index (χ4v) is 1.80. The van der Waals surface area contributed by atoms with Crippen molar-refractivity contribution in [3.63, 3.8) is 0 Å². The molecule has 0 aliphatic rings. The van der Waals surface area contributed by atoms with Crippen LogP contribution in [0.25, 0.3) is 10.4 Å². The number of azide groups is 1. The summed E-state index contributed by atoms with van der Waals surface area (Å²) in [6.45, 7) is 0.181. The van der Waals surface area contributed by atoms with Crippen LogP contribution in [-0.4, -0.2) is 16.5 Å². The molecular weight excluding hydrogens is 205 g/mol. The Morgan fingerprint density at radius 2 is 2.07 bits per heavy atom. The van der Waals surface area contributed by atoms with Crippen molar-refractivity contribution < 1.29 is 8.60 Å². The van der Waals surface area contributed by atoms with Crippen LogP contribution in [0.2, 0.25) is 0 Å². The lowest BCUT2D eigenvalue weighted by atomic mass is 10.4. The molecule has 14 heavy (non-hydrogen) atoms. The Morgan fingerprint density at radius 1 is 1.43 bits per heavy atom. The molecule has 74 valence electrons. The van der Waals surface area contributed by atoms with Gasteiger partial charge in [0.2, 0.25) is 0 Å². The van der Waals surface area contributed by atoms with Crippen LogP contribution < -0.4 is 0 Å². The highest BCUT2D eigenvalue weighted by atomic mass is 32.2. The maximum absolute atomic E-state index is 12.5. The van der Waals surface area contributed by atoms with E-state index in [1.807, 2.05) is 0 Å². The molecule has 0 aliphatic carbocycles. The zero-order valence-corrected chi connectivity index (χ0v) is 8.08. The van der Waals surface area contributed by atoms with Crippen LogP contribution in [0.15, 0.2) is 34.3 Å². The monoisotopic (exact) mass is 213 g/mol. The lowest BCUT2D eigenvalue weighted by Gasteiger charge is -1.98. The summed E-state index contributed by atoms with van der Waals surface area (Å²) in [4.78, 5) is 3.09. The fourth-order valence-electron chi connectivity index (χ4n) is 0.873. The minimum absolute atomic E-state index is 0.181. The van der Waals surface area contributed by atoms with Gasteiger partial charge in [-0.25, -0.2) is 4.39 Å². The molecule has 0 aromatic heterocycles. The van der Waals surface area contributed by atoms with Gasteiger partial charge in [-0.05, 0) is 29.8 Å². The molecule has 0 saturated carbocycles. The number of halogens is 1. The average molecular weight is 213 g/mol. The van der Waals surface area contributed by atoms with E-state index in [1.54, 1.807) is 0 Å². The highest BCUT2D eigenvalue weighted by molar-refractivity contribution is 7.85. The van der Waals surface area contributed by atoms with E-state index in [4.69, 9.17) is 5.53 Å². The summed E-state index contributed by atoms with van der Waals surface area (Å²) in [5.41, 5.74) is 8.00. The largest absolute Gasteiger partial charge is 0.254 e. The second kappa shape index (κ2) is 5.36. The Labute approximate surface area is 82.8 Å². The second-order valence-electron chi connectivity index (χ2n) is 2.46. The van der Waals surface area contributed by atoms with Gasteiger partial charge >= 0.3 is 0 Å². The maximum Gasteiger partial charge on any atom is 0.123 e. The Bertz CT molecular complexity index is 373. The first kappa shape index (κ1) is 10.7. The molecule has 1 atom stereocenters. The number of rotatable bonds is 4. The van der Waals surface area contributed by atoms with Crippen LogP contribution in [-0.2, 0) is 10.8 Å². The summed E-state index contributed by atoms with van der Waals surface area (Å²) >= 11 is 0. The quantitative estimate of drug-likeness (QED) is 0.429. The summed E-state index contributed by atoms with van der Waals surface area (Å²) in [6.07, 6.45) is 0. The third-order valence-electron chi connectivity index (χ3n) is 1.52. The first-order chi connectivity index (χ1) is 6.74. The zero-order chi connectivity index (χ0) is 10.4. The summed E-state index contributed by atoms with van der Waals surface area (Å²) in [6, 6.07) is 5.42. The third kappa shape index (κ3) is 3.16. The van der Waals surface area contributed by atoms with E-state index in [2.05, 4.69) is 10.0 Å².